The van der Waals surface area contributed by atoms with Gasteiger partial charge < -0.3 is 10.3 Å². The van der Waals surface area contributed by atoms with Crippen LogP contribution in [0, 0.1) is 6.92 Å². The predicted molar refractivity (Wildman–Crippen MR) is 119 cm³/mol. The van der Waals surface area contributed by atoms with Gasteiger partial charge in [0, 0.05) is 18.1 Å². The van der Waals surface area contributed by atoms with E-state index in [2.05, 4.69) is 71.0 Å². The van der Waals surface area contributed by atoms with Gasteiger partial charge in [0.1, 0.15) is 5.82 Å². The van der Waals surface area contributed by atoms with Gasteiger partial charge >= 0.3 is 0 Å². The van der Waals surface area contributed by atoms with Gasteiger partial charge in [0.25, 0.3) is 0 Å². The number of benzene rings is 2. The zero-order valence-electron chi connectivity index (χ0n) is 17.4. The van der Waals surface area contributed by atoms with Crippen molar-refractivity contribution in [3.05, 3.63) is 66.0 Å². The smallest absolute Gasteiger partial charge is 0.106 e. The number of nitrogens with zero attached hydrogens (tertiary/aromatic N) is 3. The summed E-state index contributed by atoms with van der Waals surface area (Å²) in [6, 6.07) is 21.4. The molecule has 3 unspecified atom stereocenters. The first kappa shape index (κ1) is 18.8. The Morgan fingerprint density at radius 2 is 1.66 bits per heavy atom. The van der Waals surface area contributed by atoms with E-state index in [1.807, 2.05) is 0 Å². The molecule has 4 heteroatoms. The van der Waals surface area contributed by atoms with E-state index >= 15 is 0 Å². The molecule has 3 heterocycles. The Hall–Kier alpha value is -2.17. The molecule has 2 aliphatic rings. The number of imidazole rings is 1. The van der Waals surface area contributed by atoms with Gasteiger partial charge in [-0.3, -0.25) is 4.90 Å². The van der Waals surface area contributed by atoms with Crippen molar-refractivity contribution in [1.29, 1.82) is 0 Å². The summed E-state index contributed by atoms with van der Waals surface area (Å²) in [5.41, 5.74) is 9.95. The van der Waals surface area contributed by atoms with Gasteiger partial charge in [-0.2, -0.15) is 0 Å². The monoisotopic (exact) mass is 388 g/mol. The van der Waals surface area contributed by atoms with Crippen molar-refractivity contribution in [1.82, 2.24) is 14.5 Å². The first-order chi connectivity index (χ1) is 14.2. The average molecular weight is 389 g/mol. The summed E-state index contributed by atoms with van der Waals surface area (Å²) in [7, 11) is 0. The summed E-state index contributed by atoms with van der Waals surface area (Å²) in [6.45, 7) is 4.07. The van der Waals surface area contributed by atoms with Gasteiger partial charge in [0.2, 0.25) is 0 Å². The molecule has 2 saturated heterocycles. The van der Waals surface area contributed by atoms with Crippen LogP contribution in [-0.2, 0) is 0 Å². The number of aryl methyl sites for hydroxylation is 1. The fourth-order valence-corrected chi connectivity index (χ4v) is 5.90. The summed E-state index contributed by atoms with van der Waals surface area (Å²) in [6.07, 6.45) is 6.33. The van der Waals surface area contributed by atoms with Crippen molar-refractivity contribution in [3.63, 3.8) is 0 Å². The molecule has 2 aromatic carbocycles. The van der Waals surface area contributed by atoms with Crippen molar-refractivity contribution >= 4 is 11.0 Å². The number of aromatic nitrogens is 2. The maximum Gasteiger partial charge on any atom is 0.106 e. The number of nitrogens with two attached hydrogens (primary N) is 1. The number of piperidine rings is 1. The highest BCUT2D eigenvalue weighted by molar-refractivity contribution is 5.76. The summed E-state index contributed by atoms with van der Waals surface area (Å²) >= 11 is 0. The third-order valence-corrected chi connectivity index (χ3v) is 7.29. The molecular formula is C25H32N4. The zero-order chi connectivity index (χ0) is 19.8. The highest BCUT2D eigenvalue weighted by atomic mass is 15.2. The molecule has 2 bridgehead atoms. The molecule has 4 nitrogen and oxygen atoms in total. The van der Waals surface area contributed by atoms with Crippen LogP contribution < -0.4 is 5.73 Å². The minimum Gasteiger partial charge on any atom is -0.330 e. The van der Waals surface area contributed by atoms with Gasteiger partial charge in [0.15, 0.2) is 0 Å². The molecule has 2 fully saturated rings. The first-order valence-electron chi connectivity index (χ1n) is 11.2. The largest absolute Gasteiger partial charge is 0.330 e. The van der Waals surface area contributed by atoms with E-state index in [9.17, 15) is 0 Å². The van der Waals surface area contributed by atoms with Crippen LogP contribution in [-0.4, -0.2) is 39.6 Å². The Morgan fingerprint density at radius 1 is 0.966 bits per heavy atom. The molecule has 1 aromatic heterocycles. The highest BCUT2D eigenvalue weighted by Gasteiger charge is 2.41. The third kappa shape index (κ3) is 3.49. The molecule has 0 amide bonds. The number of para-hydroxylation sites is 2. The number of rotatable bonds is 6. The average Bonchev–Trinajstić information content (AvgIpc) is 3.20. The van der Waals surface area contributed by atoms with E-state index in [1.54, 1.807) is 0 Å². The van der Waals surface area contributed by atoms with Crippen molar-refractivity contribution in [2.45, 2.75) is 63.1 Å². The topological polar surface area (TPSA) is 47.1 Å². The normalized spacial score (nSPS) is 25.5. The van der Waals surface area contributed by atoms with Gasteiger partial charge in [-0.05, 0) is 75.7 Å². The number of hydrogen-bond acceptors (Lipinski definition) is 3. The van der Waals surface area contributed by atoms with Gasteiger partial charge in [-0.25, -0.2) is 4.98 Å². The fourth-order valence-electron chi connectivity index (χ4n) is 5.90. The lowest BCUT2D eigenvalue weighted by atomic mass is 9.93. The second-order valence-corrected chi connectivity index (χ2v) is 8.90. The molecular weight excluding hydrogens is 356 g/mol. The molecule has 0 saturated carbocycles. The quantitative estimate of drug-likeness (QED) is 0.669. The van der Waals surface area contributed by atoms with Gasteiger partial charge in [-0.15, -0.1) is 0 Å². The van der Waals surface area contributed by atoms with Crippen LogP contribution in [0.1, 0.15) is 55.5 Å². The van der Waals surface area contributed by atoms with E-state index in [4.69, 9.17) is 10.7 Å². The molecule has 152 valence electrons. The van der Waals surface area contributed by atoms with Crippen LogP contribution >= 0.6 is 0 Å². The van der Waals surface area contributed by atoms with Crippen molar-refractivity contribution in [2.75, 3.05) is 13.1 Å². The molecule has 2 aliphatic heterocycles. The summed E-state index contributed by atoms with van der Waals surface area (Å²) in [5, 5.41) is 0. The Morgan fingerprint density at radius 3 is 2.38 bits per heavy atom. The van der Waals surface area contributed by atoms with Crippen molar-refractivity contribution < 1.29 is 0 Å². The lowest BCUT2D eigenvalue weighted by molar-refractivity contribution is 0.104. The second-order valence-electron chi connectivity index (χ2n) is 8.90. The maximum absolute atomic E-state index is 6.13. The number of hydrogen-bond donors (Lipinski definition) is 1. The SMILES string of the molecule is Cc1nc2ccccc2n1C1CC2CCC(C1)N2CCC(CN)c1ccccc1. The Balaban J connectivity index is 1.30. The summed E-state index contributed by atoms with van der Waals surface area (Å²) in [5.74, 6) is 1.63. The Labute approximate surface area is 173 Å². The van der Waals surface area contributed by atoms with Crippen LogP contribution in [0.25, 0.3) is 11.0 Å². The molecule has 0 spiro atoms. The lowest BCUT2D eigenvalue weighted by Gasteiger charge is -2.40. The van der Waals surface area contributed by atoms with Crippen LogP contribution in [0.4, 0.5) is 0 Å². The molecule has 2 N–H and O–H groups in total. The minimum absolute atomic E-state index is 0.466. The van der Waals surface area contributed by atoms with Crippen molar-refractivity contribution in [3.8, 4) is 0 Å². The van der Waals surface area contributed by atoms with Gasteiger partial charge in [-0.1, -0.05) is 42.5 Å². The lowest BCUT2D eigenvalue weighted by Crippen LogP contribution is -2.44. The first-order valence-corrected chi connectivity index (χ1v) is 11.2. The van der Waals surface area contributed by atoms with Crippen LogP contribution in [0.2, 0.25) is 0 Å². The van der Waals surface area contributed by atoms with Crippen LogP contribution in [0.5, 0.6) is 0 Å². The number of fused-ring (bicyclic) bond motifs is 3. The van der Waals surface area contributed by atoms with E-state index in [-0.39, 0.29) is 0 Å². The van der Waals surface area contributed by atoms with Gasteiger partial charge in [0.05, 0.1) is 11.0 Å². The highest BCUT2D eigenvalue weighted by Crippen LogP contribution is 2.42. The summed E-state index contributed by atoms with van der Waals surface area (Å²) < 4.78 is 2.52. The van der Waals surface area contributed by atoms with E-state index < -0.39 is 0 Å². The van der Waals surface area contributed by atoms with E-state index in [1.165, 1.54) is 43.3 Å². The molecule has 5 rings (SSSR count). The van der Waals surface area contributed by atoms with Crippen molar-refractivity contribution in [2.24, 2.45) is 5.73 Å². The Bertz CT molecular complexity index is 949. The van der Waals surface area contributed by atoms with Crippen LogP contribution in [0.15, 0.2) is 54.6 Å². The summed E-state index contributed by atoms with van der Waals surface area (Å²) in [4.78, 5) is 7.62. The van der Waals surface area contributed by atoms with E-state index in [0.717, 1.165) is 24.3 Å². The zero-order valence-corrected chi connectivity index (χ0v) is 17.4. The Kier molecular flexibility index (Phi) is 5.15. The van der Waals surface area contributed by atoms with Crippen LogP contribution in [0.3, 0.4) is 0 Å². The second kappa shape index (κ2) is 7.92. The minimum atomic E-state index is 0.466. The fraction of sp³-hybridized carbons (Fsp3) is 0.480. The molecule has 29 heavy (non-hydrogen) atoms. The predicted octanol–water partition coefficient (Wildman–Crippen LogP) is 4.65. The molecule has 3 atom stereocenters. The molecule has 0 radical (unpaired) electrons. The standard InChI is InChI=1S/C25H32N4/c1-18-27-24-9-5-6-10-25(24)29(18)23-15-21-11-12-22(16-23)28(21)14-13-20(17-26)19-7-3-2-4-8-19/h2-10,20-23H,11-17,26H2,1H3. The van der Waals surface area contributed by atoms with E-state index in [0.29, 0.717) is 24.0 Å². The molecule has 3 aromatic rings. The maximum atomic E-state index is 6.13. The third-order valence-electron chi connectivity index (χ3n) is 7.29. The molecule has 0 aliphatic carbocycles.